The van der Waals surface area contributed by atoms with E-state index >= 15 is 0 Å². The molecular weight excluding hydrogens is 335 g/mol. The summed E-state index contributed by atoms with van der Waals surface area (Å²) < 4.78 is 14.5. The molecule has 1 heterocycles. The van der Waals surface area contributed by atoms with Gasteiger partial charge in [-0.2, -0.15) is 5.26 Å². The van der Waals surface area contributed by atoms with Crippen molar-refractivity contribution in [2.45, 2.75) is 18.3 Å². The van der Waals surface area contributed by atoms with E-state index in [2.05, 4.69) is 11.1 Å². The Morgan fingerprint density at radius 1 is 1.04 bits per heavy atom. The van der Waals surface area contributed by atoms with Crippen LogP contribution in [-0.2, 0) is 11.8 Å². The van der Waals surface area contributed by atoms with E-state index in [1.165, 1.54) is 6.07 Å². The lowest BCUT2D eigenvalue weighted by molar-refractivity contribution is 0.531. The van der Waals surface area contributed by atoms with Crippen LogP contribution in [0.15, 0.2) is 73.1 Å². The molecule has 0 aliphatic carbocycles. The molecule has 1 atom stereocenters. The topological polar surface area (TPSA) is 36.7 Å². The molecule has 0 radical (unpaired) electrons. The lowest BCUT2D eigenvalue weighted by Gasteiger charge is -2.28. The van der Waals surface area contributed by atoms with Crippen molar-refractivity contribution in [1.29, 1.82) is 5.26 Å². The third-order valence-electron chi connectivity index (χ3n) is 4.38. The van der Waals surface area contributed by atoms with Crippen molar-refractivity contribution in [1.82, 2.24) is 4.98 Å². The molecule has 0 saturated carbocycles. The van der Waals surface area contributed by atoms with Gasteiger partial charge in [-0.15, -0.1) is 0 Å². The maximum atomic E-state index is 14.5. The second-order valence-corrected chi connectivity index (χ2v) is 6.30. The molecule has 0 saturated heterocycles. The van der Waals surface area contributed by atoms with E-state index in [4.69, 9.17) is 11.6 Å². The highest BCUT2D eigenvalue weighted by Gasteiger charge is 2.36. The second-order valence-electron chi connectivity index (χ2n) is 5.87. The maximum Gasteiger partial charge on any atom is 0.128 e. The van der Waals surface area contributed by atoms with Gasteiger partial charge in [0.25, 0.3) is 0 Å². The predicted octanol–water partition coefficient (Wildman–Crippen LogP) is 5.32. The number of hydrogen-bond acceptors (Lipinski definition) is 2. The average molecular weight is 351 g/mol. The molecule has 0 amide bonds. The van der Waals surface area contributed by atoms with Crippen LogP contribution < -0.4 is 0 Å². The molecule has 4 heteroatoms. The Hall–Kier alpha value is -2.70. The van der Waals surface area contributed by atoms with Gasteiger partial charge in [0, 0.05) is 23.0 Å². The standard InChI is InChI=1S/C21H16ClFN2/c22-18-9-7-16(8-10-18)11-12-21(15-24,17-4-3-13-25-14-17)19-5-1-2-6-20(19)23/h1-10,13-14H,11-12H2. The largest absolute Gasteiger partial charge is 0.264 e. The Morgan fingerprint density at radius 2 is 1.80 bits per heavy atom. The molecule has 25 heavy (non-hydrogen) atoms. The average Bonchev–Trinajstić information content (AvgIpc) is 2.66. The summed E-state index contributed by atoms with van der Waals surface area (Å²) in [5.41, 5.74) is 1.01. The van der Waals surface area contributed by atoms with Crippen LogP contribution in [0, 0.1) is 17.1 Å². The van der Waals surface area contributed by atoms with E-state index in [1.54, 1.807) is 36.7 Å². The Morgan fingerprint density at radius 3 is 2.44 bits per heavy atom. The van der Waals surface area contributed by atoms with Crippen LogP contribution in [0.4, 0.5) is 4.39 Å². The highest BCUT2D eigenvalue weighted by atomic mass is 35.5. The minimum absolute atomic E-state index is 0.375. The van der Waals surface area contributed by atoms with Crippen LogP contribution in [0.5, 0.6) is 0 Å². The van der Waals surface area contributed by atoms with Crippen molar-refractivity contribution in [3.63, 3.8) is 0 Å². The molecule has 0 bridgehead atoms. The lowest BCUT2D eigenvalue weighted by Crippen LogP contribution is -2.28. The molecule has 3 aromatic rings. The van der Waals surface area contributed by atoms with Crippen molar-refractivity contribution in [3.8, 4) is 6.07 Å². The lowest BCUT2D eigenvalue weighted by atomic mass is 9.72. The van der Waals surface area contributed by atoms with Gasteiger partial charge >= 0.3 is 0 Å². The third kappa shape index (κ3) is 3.55. The van der Waals surface area contributed by atoms with Gasteiger partial charge in [-0.05, 0) is 48.2 Å². The quantitative estimate of drug-likeness (QED) is 0.624. The summed E-state index contributed by atoms with van der Waals surface area (Å²) in [6, 6.07) is 19.9. The molecular formula is C21H16ClFN2. The first-order chi connectivity index (χ1) is 12.2. The predicted molar refractivity (Wildman–Crippen MR) is 96.8 cm³/mol. The van der Waals surface area contributed by atoms with Gasteiger partial charge in [-0.1, -0.05) is 48.0 Å². The number of nitrogens with zero attached hydrogens (tertiary/aromatic N) is 2. The SMILES string of the molecule is N#CC(CCc1ccc(Cl)cc1)(c1cccnc1)c1ccccc1F. The van der Waals surface area contributed by atoms with Crippen molar-refractivity contribution in [2.24, 2.45) is 0 Å². The van der Waals surface area contributed by atoms with Crippen molar-refractivity contribution >= 4 is 11.6 Å². The number of rotatable bonds is 5. The minimum Gasteiger partial charge on any atom is -0.264 e. The van der Waals surface area contributed by atoms with Crippen LogP contribution in [0.25, 0.3) is 0 Å². The first kappa shape index (κ1) is 17.1. The van der Waals surface area contributed by atoms with Gasteiger partial charge in [-0.25, -0.2) is 4.39 Å². The van der Waals surface area contributed by atoms with Crippen LogP contribution in [-0.4, -0.2) is 4.98 Å². The van der Waals surface area contributed by atoms with Crippen molar-refractivity contribution in [3.05, 3.63) is 101 Å². The Labute approximate surface area is 151 Å². The summed E-state index contributed by atoms with van der Waals surface area (Å²) in [7, 11) is 0. The first-order valence-corrected chi connectivity index (χ1v) is 8.35. The van der Waals surface area contributed by atoms with Crippen LogP contribution in [0.3, 0.4) is 0 Å². The van der Waals surface area contributed by atoms with E-state index in [-0.39, 0.29) is 5.82 Å². The number of halogens is 2. The van der Waals surface area contributed by atoms with Gasteiger partial charge in [0.2, 0.25) is 0 Å². The zero-order valence-corrected chi connectivity index (χ0v) is 14.2. The second kappa shape index (κ2) is 7.46. The number of pyridine rings is 1. The number of benzene rings is 2. The number of hydrogen-bond donors (Lipinski definition) is 0. The fourth-order valence-electron chi connectivity index (χ4n) is 3.02. The highest BCUT2D eigenvalue weighted by molar-refractivity contribution is 6.30. The molecule has 1 aromatic heterocycles. The summed E-state index contributed by atoms with van der Waals surface area (Å²) >= 11 is 5.93. The van der Waals surface area contributed by atoms with Gasteiger partial charge in [0.15, 0.2) is 0 Å². The fourth-order valence-corrected chi connectivity index (χ4v) is 3.15. The van der Waals surface area contributed by atoms with Gasteiger partial charge in [0.1, 0.15) is 11.2 Å². The van der Waals surface area contributed by atoms with Crippen molar-refractivity contribution < 1.29 is 4.39 Å². The maximum absolute atomic E-state index is 14.5. The van der Waals surface area contributed by atoms with Crippen LogP contribution in [0.2, 0.25) is 5.02 Å². The smallest absolute Gasteiger partial charge is 0.128 e. The summed E-state index contributed by atoms with van der Waals surface area (Å²) in [5.74, 6) is -0.385. The minimum atomic E-state index is -1.10. The molecule has 2 nitrogen and oxygen atoms in total. The van der Waals surface area contributed by atoms with Crippen molar-refractivity contribution in [2.75, 3.05) is 0 Å². The number of nitriles is 1. The normalized spacial score (nSPS) is 13.0. The van der Waals surface area contributed by atoms with Crippen LogP contribution in [0.1, 0.15) is 23.1 Å². The molecule has 3 rings (SSSR count). The Balaban J connectivity index is 2.04. The Kier molecular flexibility index (Phi) is 5.11. The van der Waals surface area contributed by atoms with E-state index in [1.807, 2.05) is 30.3 Å². The summed E-state index contributed by atoms with van der Waals surface area (Å²) in [5, 5.41) is 10.7. The van der Waals surface area contributed by atoms with E-state index in [0.717, 1.165) is 5.56 Å². The monoisotopic (exact) mass is 350 g/mol. The number of aromatic nitrogens is 1. The molecule has 124 valence electrons. The third-order valence-corrected chi connectivity index (χ3v) is 4.63. The molecule has 0 aliphatic rings. The summed E-state index contributed by atoms with van der Waals surface area (Å²) in [6.07, 6.45) is 4.34. The van der Waals surface area contributed by atoms with E-state index < -0.39 is 5.41 Å². The molecule has 0 N–H and O–H groups in total. The molecule has 1 unspecified atom stereocenters. The van der Waals surface area contributed by atoms with Gasteiger partial charge in [0.05, 0.1) is 6.07 Å². The molecule has 0 aliphatic heterocycles. The zero-order chi connectivity index (χ0) is 17.7. The molecule has 0 spiro atoms. The molecule has 0 fully saturated rings. The zero-order valence-electron chi connectivity index (χ0n) is 13.5. The van der Waals surface area contributed by atoms with E-state index in [9.17, 15) is 9.65 Å². The first-order valence-electron chi connectivity index (χ1n) is 7.97. The number of aryl methyl sites for hydroxylation is 1. The van der Waals surface area contributed by atoms with Gasteiger partial charge < -0.3 is 0 Å². The highest BCUT2D eigenvalue weighted by Crippen LogP contribution is 2.37. The van der Waals surface area contributed by atoms with Gasteiger partial charge in [-0.3, -0.25) is 4.98 Å². The summed E-state index contributed by atoms with van der Waals surface area (Å²) in [4.78, 5) is 4.13. The fraction of sp³-hybridized carbons (Fsp3) is 0.143. The Bertz CT molecular complexity index is 888. The molecule has 2 aromatic carbocycles. The van der Waals surface area contributed by atoms with Crippen LogP contribution >= 0.6 is 11.6 Å². The summed E-state index contributed by atoms with van der Waals surface area (Å²) in [6.45, 7) is 0. The van der Waals surface area contributed by atoms with E-state index in [0.29, 0.717) is 29.0 Å².